The van der Waals surface area contributed by atoms with Crippen molar-refractivity contribution in [2.24, 2.45) is 5.92 Å². The van der Waals surface area contributed by atoms with Crippen molar-refractivity contribution >= 4 is 22.3 Å². The summed E-state index contributed by atoms with van der Waals surface area (Å²) in [6, 6.07) is 0. The molecule has 106 valence electrons. The molecule has 8 nitrogen and oxygen atoms in total. The molecule has 0 aromatic carbocycles. The van der Waals surface area contributed by atoms with E-state index in [-0.39, 0.29) is 13.2 Å². The Kier molecular flexibility index (Phi) is 7.29. The molecule has 0 spiro atoms. The third kappa shape index (κ3) is 7.07. The molecule has 1 amide bonds. The topological polar surface area (TPSA) is 122 Å². The zero-order chi connectivity index (χ0) is 14.2. The number of hydrogen-bond acceptors (Lipinski definition) is 5. The van der Waals surface area contributed by atoms with Gasteiger partial charge in [0.05, 0.1) is 12.5 Å². The molecule has 0 fully saturated rings. The van der Waals surface area contributed by atoms with Gasteiger partial charge < -0.3 is 9.84 Å². The lowest BCUT2D eigenvalue weighted by molar-refractivity contribution is -0.141. The first-order valence-corrected chi connectivity index (χ1v) is 6.97. The molecule has 0 aliphatic rings. The average Bonchev–Trinajstić information content (AvgIpc) is 2.23. The molecule has 1 atom stereocenters. The third-order valence-corrected chi connectivity index (χ3v) is 2.98. The lowest BCUT2D eigenvalue weighted by atomic mass is 10.1. The summed E-state index contributed by atoms with van der Waals surface area (Å²) in [5.74, 6) is -1.91. The number of ether oxygens (including phenoxy) is 1. The van der Waals surface area contributed by atoms with Crippen molar-refractivity contribution in [1.29, 1.82) is 0 Å². The molecule has 0 bridgehead atoms. The summed E-state index contributed by atoms with van der Waals surface area (Å²) in [7, 11) is -4.09. The van der Waals surface area contributed by atoms with Gasteiger partial charge in [-0.05, 0) is 13.3 Å². The Balaban J connectivity index is 4.32. The number of carbonyl (C=O) groups excluding carboxylic acids is 1. The number of amides is 1. The molecule has 0 aromatic heterocycles. The van der Waals surface area contributed by atoms with Crippen LogP contribution in [-0.2, 0) is 19.7 Å². The van der Waals surface area contributed by atoms with Crippen LogP contribution < -0.4 is 9.44 Å². The number of hydrogen-bond donors (Lipinski definition) is 3. The third-order valence-electron chi connectivity index (χ3n) is 2.00. The van der Waals surface area contributed by atoms with E-state index >= 15 is 0 Å². The number of nitrogens with one attached hydrogen (secondary N) is 2. The van der Waals surface area contributed by atoms with Crippen LogP contribution in [0.2, 0.25) is 0 Å². The van der Waals surface area contributed by atoms with Crippen molar-refractivity contribution < 1.29 is 27.9 Å². The lowest BCUT2D eigenvalue weighted by Crippen LogP contribution is -2.43. The van der Waals surface area contributed by atoms with Gasteiger partial charge in [0.15, 0.2) is 0 Å². The number of aliphatic carboxylic acids is 1. The first-order valence-electron chi connectivity index (χ1n) is 5.49. The smallest absolute Gasteiger partial charge is 0.421 e. The minimum Gasteiger partial charge on any atom is -0.481 e. The number of carbonyl (C=O) groups is 2. The van der Waals surface area contributed by atoms with Crippen molar-refractivity contribution in [1.82, 2.24) is 9.44 Å². The Labute approximate surface area is 106 Å². The second-order valence-corrected chi connectivity index (χ2v) is 5.00. The van der Waals surface area contributed by atoms with Crippen molar-refractivity contribution in [3.05, 3.63) is 0 Å². The van der Waals surface area contributed by atoms with Crippen LogP contribution in [0.5, 0.6) is 0 Å². The van der Waals surface area contributed by atoms with Gasteiger partial charge in [0.2, 0.25) is 0 Å². The zero-order valence-corrected chi connectivity index (χ0v) is 11.1. The Morgan fingerprint density at radius 2 is 1.94 bits per heavy atom. The van der Waals surface area contributed by atoms with E-state index in [1.807, 2.05) is 4.72 Å². The number of carboxylic acid groups (broad SMARTS) is 1. The lowest BCUT2D eigenvalue weighted by Gasteiger charge is -2.12. The summed E-state index contributed by atoms with van der Waals surface area (Å²) in [6.07, 6.45) is -0.145. The molecule has 0 saturated carbocycles. The molecule has 0 aromatic rings. The molecule has 0 radical (unpaired) electrons. The average molecular weight is 282 g/mol. The predicted octanol–water partition coefficient (Wildman–Crippen LogP) is 0.0678. The second-order valence-electron chi connectivity index (χ2n) is 3.50. The van der Waals surface area contributed by atoms with Gasteiger partial charge in [0, 0.05) is 6.54 Å². The molecular formula is C9H18N2O6S. The molecule has 0 rings (SSSR count). The molecular weight excluding hydrogens is 264 g/mol. The van der Waals surface area contributed by atoms with E-state index in [2.05, 4.69) is 4.74 Å². The first-order chi connectivity index (χ1) is 8.32. The maximum Gasteiger partial charge on any atom is 0.421 e. The van der Waals surface area contributed by atoms with E-state index < -0.39 is 28.2 Å². The Hall–Kier alpha value is -1.35. The summed E-state index contributed by atoms with van der Waals surface area (Å²) >= 11 is 0. The fourth-order valence-corrected chi connectivity index (χ4v) is 1.95. The highest BCUT2D eigenvalue weighted by atomic mass is 32.2. The highest BCUT2D eigenvalue weighted by Gasteiger charge is 2.21. The Morgan fingerprint density at radius 1 is 1.33 bits per heavy atom. The Bertz CT molecular complexity index is 381. The highest BCUT2D eigenvalue weighted by molar-refractivity contribution is 7.88. The summed E-state index contributed by atoms with van der Waals surface area (Å²) in [5, 5.41) is 8.82. The fraction of sp³-hybridized carbons (Fsp3) is 0.778. The summed E-state index contributed by atoms with van der Waals surface area (Å²) < 4.78 is 30.7. The predicted molar refractivity (Wildman–Crippen MR) is 63.1 cm³/mol. The van der Waals surface area contributed by atoms with E-state index in [0.717, 1.165) is 0 Å². The van der Waals surface area contributed by atoms with Crippen molar-refractivity contribution in [2.45, 2.75) is 26.7 Å². The van der Waals surface area contributed by atoms with Gasteiger partial charge in [-0.1, -0.05) is 13.3 Å². The van der Waals surface area contributed by atoms with Gasteiger partial charge in [-0.15, -0.1) is 0 Å². The molecule has 0 aliphatic heterocycles. The van der Waals surface area contributed by atoms with Crippen LogP contribution in [0, 0.1) is 5.92 Å². The van der Waals surface area contributed by atoms with Crippen molar-refractivity contribution in [2.75, 3.05) is 13.2 Å². The standard InChI is InChI=1S/C9H18N2O6S/c1-3-5-7(8(12)13)6-10-18(15,16)11-9(14)17-4-2/h7,10H,3-6H2,1-2H3,(H,11,14)(H,12,13). The van der Waals surface area contributed by atoms with Crippen LogP contribution in [0.4, 0.5) is 4.79 Å². The molecule has 3 N–H and O–H groups in total. The van der Waals surface area contributed by atoms with Gasteiger partial charge >= 0.3 is 22.3 Å². The summed E-state index contributed by atoms with van der Waals surface area (Å²) in [4.78, 5) is 21.7. The second kappa shape index (κ2) is 7.88. The van der Waals surface area contributed by atoms with Gasteiger partial charge in [0.1, 0.15) is 0 Å². The van der Waals surface area contributed by atoms with Crippen LogP contribution in [0.25, 0.3) is 0 Å². The zero-order valence-electron chi connectivity index (χ0n) is 10.3. The quantitative estimate of drug-likeness (QED) is 0.579. The van der Waals surface area contributed by atoms with Gasteiger partial charge in [-0.25, -0.2) is 9.52 Å². The fourth-order valence-electron chi connectivity index (χ4n) is 1.18. The van der Waals surface area contributed by atoms with Crippen molar-refractivity contribution in [3.63, 3.8) is 0 Å². The molecule has 0 aliphatic carbocycles. The largest absolute Gasteiger partial charge is 0.481 e. The van der Waals surface area contributed by atoms with Gasteiger partial charge in [-0.2, -0.15) is 13.1 Å². The van der Waals surface area contributed by atoms with Crippen LogP contribution in [0.1, 0.15) is 26.7 Å². The summed E-state index contributed by atoms with van der Waals surface area (Å²) in [5.41, 5.74) is 0. The number of carboxylic acids is 1. The maximum absolute atomic E-state index is 11.3. The van der Waals surface area contributed by atoms with Gasteiger partial charge in [-0.3, -0.25) is 4.79 Å². The molecule has 18 heavy (non-hydrogen) atoms. The number of rotatable bonds is 8. The van der Waals surface area contributed by atoms with Crippen LogP contribution in [0.3, 0.4) is 0 Å². The minimum absolute atomic E-state index is 0.0366. The molecule has 0 heterocycles. The SMILES string of the molecule is CCCC(CNS(=O)(=O)NC(=O)OCC)C(=O)O. The van der Waals surface area contributed by atoms with Crippen LogP contribution >= 0.6 is 0 Å². The van der Waals surface area contributed by atoms with Crippen molar-refractivity contribution in [3.8, 4) is 0 Å². The normalized spacial score (nSPS) is 12.8. The van der Waals surface area contributed by atoms with Gasteiger partial charge in [0.25, 0.3) is 0 Å². The minimum atomic E-state index is -4.09. The highest BCUT2D eigenvalue weighted by Crippen LogP contribution is 2.05. The van der Waals surface area contributed by atoms with E-state index in [1.54, 1.807) is 11.6 Å². The van der Waals surface area contributed by atoms with E-state index in [4.69, 9.17) is 5.11 Å². The molecule has 9 heteroatoms. The summed E-state index contributed by atoms with van der Waals surface area (Å²) in [6.45, 7) is 3.08. The van der Waals surface area contributed by atoms with E-state index in [9.17, 15) is 18.0 Å². The monoisotopic (exact) mass is 282 g/mol. The molecule has 0 saturated heterocycles. The van der Waals surface area contributed by atoms with E-state index in [0.29, 0.717) is 12.8 Å². The first kappa shape index (κ1) is 16.6. The van der Waals surface area contributed by atoms with E-state index in [1.165, 1.54) is 6.92 Å². The van der Waals surface area contributed by atoms with Crippen LogP contribution in [0.15, 0.2) is 0 Å². The molecule has 1 unspecified atom stereocenters. The van der Waals surface area contributed by atoms with Crippen LogP contribution in [-0.4, -0.2) is 38.7 Å². The Morgan fingerprint density at radius 3 is 2.39 bits per heavy atom. The maximum atomic E-state index is 11.3.